The number of nitrogens with one attached hydrogen (secondary N) is 1. The number of nitrogens with two attached hydrogens (primary N) is 1. The van der Waals surface area contributed by atoms with E-state index in [1.54, 1.807) is 0 Å². The normalized spacial score (nSPS) is 17.9. The SMILES string of the molecule is NC(=O)c1ccc2c(c1)CNC2[C@@H](c1cccc(OC(F)(F)F)c1)C(F)(F)F. The molecule has 0 saturated carbocycles. The molecule has 1 unspecified atom stereocenters. The van der Waals surface area contributed by atoms with Gasteiger partial charge in [0.15, 0.2) is 0 Å². The van der Waals surface area contributed by atoms with Crippen LogP contribution in [0.2, 0.25) is 0 Å². The predicted octanol–water partition coefficient (Wildman–Crippen LogP) is 4.17. The highest BCUT2D eigenvalue weighted by molar-refractivity contribution is 5.93. The molecule has 2 aromatic carbocycles. The summed E-state index contributed by atoms with van der Waals surface area (Å²) in [6.45, 7) is 0.0619. The fraction of sp³-hybridized carbons (Fsp3) is 0.278. The lowest BCUT2D eigenvalue weighted by molar-refractivity contribution is -0.274. The number of rotatable bonds is 4. The summed E-state index contributed by atoms with van der Waals surface area (Å²) in [5.74, 6) is -3.57. The Kier molecular flexibility index (Phi) is 5.00. The largest absolute Gasteiger partial charge is 0.573 e. The molecule has 10 heteroatoms. The van der Waals surface area contributed by atoms with E-state index in [1.807, 2.05) is 0 Å². The summed E-state index contributed by atoms with van der Waals surface area (Å²) >= 11 is 0. The Morgan fingerprint density at radius 2 is 1.82 bits per heavy atom. The fourth-order valence-electron chi connectivity index (χ4n) is 3.32. The van der Waals surface area contributed by atoms with Gasteiger partial charge in [-0.25, -0.2) is 0 Å². The zero-order valence-corrected chi connectivity index (χ0v) is 14.1. The first kappa shape index (κ1) is 20.0. The second kappa shape index (κ2) is 7.01. The second-order valence-corrected chi connectivity index (χ2v) is 6.28. The van der Waals surface area contributed by atoms with E-state index in [-0.39, 0.29) is 17.7 Å². The van der Waals surface area contributed by atoms with E-state index in [2.05, 4.69) is 10.1 Å². The highest BCUT2D eigenvalue weighted by atomic mass is 19.4. The van der Waals surface area contributed by atoms with Crippen LogP contribution in [0.3, 0.4) is 0 Å². The van der Waals surface area contributed by atoms with Crippen LogP contribution in [0.4, 0.5) is 26.3 Å². The number of hydrogen-bond acceptors (Lipinski definition) is 3. The molecule has 0 spiro atoms. The summed E-state index contributed by atoms with van der Waals surface area (Å²) in [6, 6.07) is 6.68. The third-order valence-electron chi connectivity index (χ3n) is 4.41. The van der Waals surface area contributed by atoms with E-state index in [9.17, 15) is 31.1 Å². The minimum atomic E-state index is -5.02. The molecule has 0 bridgehead atoms. The van der Waals surface area contributed by atoms with E-state index in [0.29, 0.717) is 11.1 Å². The molecule has 1 aliphatic rings. The molecule has 0 aliphatic carbocycles. The average Bonchev–Trinajstić information content (AvgIpc) is 2.95. The summed E-state index contributed by atoms with van der Waals surface area (Å²) in [5.41, 5.74) is 5.74. The van der Waals surface area contributed by atoms with Gasteiger partial charge >= 0.3 is 12.5 Å². The Morgan fingerprint density at radius 1 is 1.11 bits per heavy atom. The van der Waals surface area contributed by atoms with Gasteiger partial charge in [-0.05, 0) is 41.0 Å². The third kappa shape index (κ3) is 4.22. The molecule has 3 rings (SSSR count). The van der Waals surface area contributed by atoms with Crippen LogP contribution in [-0.4, -0.2) is 18.4 Å². The van der Waals surface area contributed by atoms with Crippen LogP contribution < -0.4 is 15.8 Å². The summed E-state index contributed by atoms with van der Waals surface area (Å²) in [7, 11) is 0. The Hall–Kier alpha value is -2.75. The number of carbonyl (C=O) groups excluding carboxylic acids is 1. The van der Waals surface area contributed by atoms with Crippen molar-refractivity contribution in [2.45, 2.75) is 31.0 Å². The van der Waals surface area contributed by atoms with E-state index >= 15 is 0 Å². The monoisotopic (exact) mass is 404 g/mol. The van der Waals surface area contributed by atoms with Crippen LogP contribution in [-0.2, 0) is 6.54 Å². The molecule has 2 atom stereocenters. The van der Waals surface area contributed by atoms with Gasteiger partial charge in [-0.3, -0.25) is 4.79 Å². The molecule has 0 fully saturated rings. The molecular weight excluding hydrogens is 390 g/mol. The van der Waals surface area contributed by atoms with Gasteiger partial charge < -0.3 is 15.8 Å². The molecule has 2 aromatic rings. The highest BCUT2D eigenvalue weighted by Gasteiger charge is 2.48. The van der Waals surface area contributed by atoms with Gasteiger partial charge in [0, 0.05) is 18.2 Å². The highest BCUT2D eigenvalue weighted by Crippen LogP contribution is 2.47. The van der Waals surface area contributed by atoms with Crippen molar-refractivity contribution in [1.82, 2.24) is 5.32 Å². The first-order chi connectivity index (χ1) is 13.0. The number of ether oxygens (including phenoxy) is 1. The van der Waals surface area contributed by atoms with Crippen molar-refractivity contribution in [2.75, 3.05) is 0 Å². The quantitative estimate of drug-likeness (QED) is 0.752. The summed E-state index contributed by atoms with van der Waals surface area (Å²) in [5, 5.41) is 2.73. The van der Waals surface area contributed by atoms with Gasteiger partial charge in [-0.1, -0.05) is 18.2 Å². The summed E-state index contributed by atoms with van der Waals surface area (Å²) in [4.78, 5) is 11.3. The number of fused-ring (bicyclic) bond motifs is 1. The summed E-state index contributed by atoms with van der Waals surface area (Å²) < 4.78 is 82.5. The molecule has 0 radical (unpaired) electrons. The molecule has 150 valence electrons. The molecule has 28 heavy (non-hydrogen) atoms. The van der Waals surface area contributed by atoms with Crippen molar-refractivity contribution >= 4 is 5.91 Å². The third-order valence-corrected chi connectivity index (χ3v) is 4.41. The number of primary amides is 1. The number of hydrogen-bond donors (Lipinski definition) is 2. The van der Waals surface area contributed by atoms with Crippen LogP contribution in [0, 0.1) is 0 Å². The van der Waals surface area contributed by atoms with E-state index in [4.69, 9.17) is 5.73 Å². The van der Waals surface area contributed by atoms with Crippen molar-refractivity contribution in [3.8, 4) is 5.75 Å². The molecule has 1 heterocycles. The second-order valence-electron chi connectivity index (χ2n) is 6.28. The fourth-order valence-corrected chi connectivity index (χ4v) is 3.32. The van der Waals surface area contributed by atoms with Gasteiger partial charge in [0.1, 0.15) is 5.75 Å². The van der Waals surface area contributed by atoms with Gasteiger partial charge in [-0.15, -0.1) is 13.2 Å². The zero-order chi connectivity index (χ0) is 20.7. The Morgan fingerprint density at radius 3 is 2.43 bits per heavy atom. The Labute approximate surface area is 155 Å². The van der Waals surface area contributed by atoms with Gasteiger partial charge in [0.25, 0.3) is 0 Å². The smallest absolute Gasteiger partial charge is 0.406 e. The lowest BCUT2D eigenvalue weighted by Crippen LogP contribution is -2.32. The van der Waals surface area contributed by atoms with Gasteiger partial charge in [0.05, 0.1) is 5.92 Å². The van der Waals surface area contributed by atoms with Crippen molar-refractivity contribution in [2.24, 2.45) is 5.73 Å². The van der Waals surface area contributed by atoms with Crippen molar-refractivity contribution in [3.05, 3.63) is 64.7 Å². The predicted molar refractivity (Wildman–Crippen MR) is 86.5 cm³/mol. The minimum absolute atomic E-state index is 0.0619. The topological polar surface area (TPSA) is 64.4 Å². The molecule has 1 aliphatic heterocycles. The van der Waals surface area contributed by atoms with E-state index in [1.165, 1.54) is 18.2 Å². The first-order valence-corrected chi connectivity index (χ1v) is 8.04. The van der Waals surface area contributed by atoms with Crippen LogP contribution in [0.1, 0.15) is 39.0 Å². The van der Waals surface area contributed by atoms with Gasteiger partial charge in [-0.2, -0.15) is 13.2 Å². The minimum Gasteiger partial charge on any atom is -0.406 e. The van der Waals surface area contributed by atoms with Crippen LogP contribution in [0.25, 0.3) is 0 Å². The van der Waals surface area contributed by atoms with Crippen molar-refractivity contribution in [3.63, 3.8) is 0 Å². The maximum absolute atomic E-state index is 13.9. The Balaban J connectivity index is 2.01. The molecule has 0 saturated heterocycles. The molecule has 1 amide bonds. The van der Waals surface area contributed by atoms with Crippen LogP contribution >= 0.6 is 0 Å². The molecule has 0 aromatic heterocycles. The lowest BCUT2D eigenvalue weighted by atomic mass is 9.86. The van der Waals surface area contributed by atoms with E-state index < -0.39 is 36.2 Å². The Bertz CT molecular complexity index is 894. The maximum Gasteiger partial charge on any atom is 0.573 e. The number of alkyl halides is 6. The van der Waals surface area contributed by atoms with Gasteiger partial charge in [0.2, 0.25) is 5.91 Å². The van der Waals surface area contributed by atoms with Crippen molar-refractivity contribution < 1.29 is 35.9 Å². The number of halogens is 6. The summed E-state index contributed by atoms with van der Waals surface area (Å²) in [6.07, 6.45) is -9.77. The molecular formula is C18H14F6N2O2. The molecule has 4 nitrogen and oxygen atoms in total. The van der Waals surface area contributed by atoms with E-state index in [0.717, 1.165) is 24.3 Å². The maximum atomic E-state index is 13.9. The lowest BCUT2D eigenvalue weighted by Gasteiger charge is -2.28. The number of benzene rings is 2. The number of amides is 1. The van der Waals surface area contributed by atoms with Crippen LogP contribution in [0.15, 0.2) is 42.5 Å². The molecule has 3 N–H and O–H groups in total. The van der Waals surface area contributed by atoms with Crippen LogP contribution in [0.5, 0.6) is 5.75 Å². The number of carbonyl (C=O) groups is 1. The zero-order valence-electron chi connectivity index (χ0n) is 14.1. The standard InChI is InChI=1S/C18H14F6N2O2/c19-17(20,21)14(9-2-1-3-12(7-9)28-18(22,23)24)15-13-5-4-10(16(25)27)6-11(13)8-26-15/h1-7,14-15,26H,8H2,(H2,25,27)/t14-,15?/m1/s1. The van der Waals surface area contributed by atoms with Crippen molar-refractivity contribution in [1.29, 1.82) is 0 Å². The first-order valence-electron chi connectivity index (χ1n) is 8.04. The average molecular weight is 404 g/mol.